The average molecular weight is 318 g/mol. The van der Waals surface area contributed by atoms with Gasteiger partial charge in [-0.3, -0.25) is 0 Å². The number of aliphatic hydroxyl groups is 2. The molecule has 1 saturated carbocycles. The highest BCUT2D eigenvalue weighted by Crippen LogP contribution is 2.27. The molecule has 1 aromatic carbocycles. The molecular formula is C15H21Cl2NO2. The highest BCUT2D eigenvalue weighted by Gasteiger charge is 2.22. The van der Waals surface area contributed by atoms with Crippen molar-refractivity contribution < 1.29 is 10.2 Å². The second-order valence-electron chi connectivity index (χ2n) is 5.45. The van der Waals surface area contributed by atoms with E-state index >= 15 is 0 Å². The summed E-state index contributed by atoms with van der Waals surface area (Å²) in [6.45, 7) is 1.12. The zero-order chi connectivity index (χ0) is 14.5. The standard InChI is InChI=1S/C15H21Cl2NO2/c16-11-5-6-13(17)12(7-11)15(20)9-18-8-10-3-1-2-4-14(10)19/h5-7,10,14-15,18-20H,1-4,8-9H2. The lowest BCUT2D eigenvalue weighted by Crippen LogP contribution is -2.35. The molecule has 0 aromatic heterocycles. The Balaban J connectivity index is 1.82. The first-order chi connectivity index (χ1) is 9.58. The minimum absolute atomic E-state index is 0.219. The lowest BCUT2D eigenvalue weighted by Gasteiger charge is -2.28. The van der Waals surface area contributed by atoms with Crippen LogP contribution in [0.1, 0.15) is 37.4 Å². The minimum atomic E-state index is -0.693. The number of hydrogen-bond donors (Lipinski definition) is 3. The van der Waals surface area contributed by atoms with Crippen LogP contribution in [0.15, 0.2) is 18.2 Å². The molecular weight excluding hydrogens is 297 g/mol. The van der Waals surface area contributed by atoms with Crippen LogP contribution in [0.4, 0.5) is 0 Å². The van der Waals surface area contributed by atoms with E-state index in [2.05, 4.69) is 5.32 Å². The van der Waals surface area contributed by atoms with Crippen LogP contribution in [-0.2, 0) is 0 Å². The molecule has 3 atom stereocenters. The smallest absolute Gasteiger partial charge is 0.0929 e. The molecule has 112 valence electrons. The van der Waals surface area contributed by atoms with Crippen molar-refractivity contribution in [3.8, 4) is 0 Å². The molecule has 1 fully saturated rings. The van der Waals surface area contributed by atoms with Crippen LogP contribution in [0.5, 0.6) is 0 Å². The fraction of sp³-hybridized carbons (Fsp3) is 0.600. The molecule has 1 aliphatic rings. The average Bonchev–Trinajstić information content (AvgIpc) is 2.43. The third kappa shape index (κ3) is 4.34. The number of hydrogen-bond acceptors (Lipinski definition) is 3. The Morgan fingerprint density at radius 1 is 1.25 bits per heavy atom. The first-order valence-electron chi connectivity index (χ1n) is 7.09. The van der Waals surface area contributed by atoms with Crippen molar-refractivity contribution in [1.82, 2.24) is 5.32 Å². The molecule has 0 radical (unpaired) electrons. The fourth-order valence-electron chi connectivity index (χ4n) is 2.71. The Kier molecular flexibility index (Phi) is 6.12. The molecule has 2 rings (SSSR count). The lowest BCUT2D eigenvalue weighted by molar-refractivity contribution is 0.0669. The maximum Gasteiger partial charge on any atom is 0.0929 e. The summed E-state index contributed by atoms with van der Waals surface area (Å²) in [5.41, 5.74) is 0.635. The first kappa shape index (κ1) is 16.1. The molecule has 5 heteroatoms. The summed E-state index contributed by atoms with van der Waals surface area (Å²) in [7, 11) is 0. The summed E-state index contributed by atoms with van der Waals surface area (Å²) in [4.78, 5) is 0. The maximum atomic E-state index is 10.2. The van der Waals surface area contributed by atoms with Crippen molar-refractivity contribution >= 4 is 23.2 Å². The van der Waals surface area contributed by atoms with Crippen molar-refractivity contribution in [3.05, 3.63) is 33.8 Å². The second kappa shape index (κ2) is 7.62. The topological polar surface area (TPSA) is 52.5 Å². The Morgan fingerprint density at radius 3 is 2.75 bits per heavy atom. The molecule has 3 nitrogen and oxygen atoms in total. The Bertz CT molecular complexity index is 442. The van der Waals surface area contributed by atoms with Gasteiger partial charge in [-0.15, -0.1) is 0 Å². The van der Waals surface area contributed by atoms with Gasteiger partial charge in [-0.25, -0.2) is 0 Å². The third-order valence-corrected chi connectivity index (χ3v) is 4.51. The maximum absolute atomic E-state index is 10.2. The largest absolute Gasteiger partial charge is 0.393 e. The van der Waals surface area contributed by atoms with E-state index in [-0.39, 0.29) is 12.0 Å². The van der Waals surface area contributed by atoms with Crippen molar-refractivity contribution in [2.45, 2.75) is 37.9 Å². The SMILES string of the molecule is OC(CNCC1CCCCC1O)c1cc(Cl)ccc1Cl. The van der Waals surface area contributed by atoms with Gasteiger partial charge in [-0.05, 0) is 37.0 Å². The molecule has 20 heavy (non-hydrogen) atoms. The van der Waals surface area contributed by atoms with E-state index in [1.165, 1.54) is 6.42 Å². The van der Waals surface area contributed by atoms with E-state index in [0.29, 0.717) is 22.2 Å². The Morgan fingerprint density at radius 2 is 2.00 bits per heavy atom. The Hall–Kier alpha value is -0.320. The lowest BCUT2D eigenvalue weighted by atomic mass is 9.86. The normalized spacial score (nSPS) is 24.6. The van der Waals surface area contributed by atoms with Crippen LogP contribution in [0.3, 0.4) is 0 Å². The highest BCUT2D eigenvalue weighted by atomic mass is 35.5. The molecule has 0 aliphatic heterocycles. The Labute approximate surface area is 129 Å². The first-order valence-corrected chi connectivity index (χ1v) is 7.85. The van der Waals surface area contributed by atoms with Crippen LogP contribution >= 0.6 is 23.2 Å². The van der Waals surface area contributed by atoms with Crippen molar-refractivity contribution in [3.63, 3.8) is 0 Å². The number of rotatable bonds is 5. The highest BCUT2D eigenvalue weighted by molar-refractivity contribution is 6.33. The van der Waals surface area contributed by atoms with Gasteiger partial charge in [-0.2, -0.15) is 0 Å². The number of benzene rings is 1. The van der Waals surface area contributed by atoms with E-state index in [0.717, 1.165) is 25.8 Å². The zero-order valence-electron chi connectivity index (χ0n) is 11.4. The zero-order valence-corrected chi connectivity index (χ0v) is 12.9. The monoisotopic (exact) mass is 317 g/mol. The van der Waals surface area contributed by atoms with Gasteiger partial charge in [-0.1, -0.05) is 36.0 Å². The number of aliphatic hydroxyl groups excluding tert-OH is 2. The van der Waals surface area contributed by atoms with Gasteiger partial charge in [0.2, 0.25) is 0 Å². The van der Waals surface area contributed by atoms with Gasteiger partial charge < -0.3 is 15.5 Å². The van der Waals surface area contributed by atoms with Gasteiger partial charge in [0.25, 0.3) is 0 Å². The molecule has 1 aromatic rings. The molecule has 3 N–H and O–H groups in total. The molecule has 3 unspecified atom stereocenters. The summed E-state index contributed by atoms with van der Waals surface area (Å²) < 4.78 is 0. The summed E-state index contributed by atoms with van der Waals surface area (Å²) in [6.07, 6.45) is 3.30. The van der Waals surface area contributed by atoms with E-state index in [9.17, 15) is 10.2 Å². The van der Waals surface area contributed by atoms with E-state index in [1.807, 2.05) is 0 Å². The van der Waals surface area contributed by atoms with Gasteiger partial charge in [0.15, 0.2) is 0 Å². The van der Waals surface area contributed by atoms with Crippen molar-refractivity contribution in [1.29, 1.82) is 0 Å². The van der Waals surface area contributed by atoms with Crippen LogP contribution in [-0.4, -0.2) is 29.4 Å². The molecule has 0 saturated heterocycles. The predicted octanol–water partition coefficient (Wildman–Crippen LogP) is 3.17. The predicted molar refractivity (Wildman–Crippen MR) is 82.3 cm³/mol. The summed E-state index contributed by atoms with van der Waals surface area (Å²) in [5.74, 6) is 0.283. The summed E-state index contributed by atoms with van der Waals surface area (Å²) in [6, 6.07) is 5.07. The number of halogens is 2. The van der Waals surface area contributed by atoms with Gasteiger partial charge in [0.1, 0.15) is 0 Å². The van der Waals surface area contributed by atoms with Crippen LogP contribution in [0.2, 0.25) is 10.0 Å². The van der Waals surface area contributed by atoms with Gasteiger partial charge in [0.05, 0.1) is 12.2 Å². The van der Waals surface area contributed by atoms with Crippen molar-refractivity contribution in [2.75, 3.05) is 13.1 Å². The fourth-order valence-corrected chi connectivity index (χ4v) is 3.14. The quantitative estimate of drug-likeness (QED) is 0.782. The van der Waals surface area contributed by atoms with Crippen LogP contribution < -0.4 is 5.32 Å². The van der Waals surface area contributed by atoms with Crippen LogP contribution in [0.25, 0.3) is 0 Å². The van der Waals surface area contributed by atoms with E-state index < -0.39 is 6.10 Å². The molecule has 0 spiro atoms. The van der Waals surface area contributed by atoms with Crippen LogP contribution in [0, 0.1) is 5.92 Å². The van der Waals surface area contributed by atoms with Gasteiger partial charge in [0, 0.05) is 28.7 Å². The second-order valence-corrected chi connectivity index (χ2v) is 6.30. The van der Waals surface area contributed by atoms with Crippen molar-refractivity contribution in [2.24, 2.45) is 5.92 Å². The number of nitrogens with one attached hydrogen (secondary N) is 1. The van der Waals surface area contributed by atoms with E-state index in [4.69, 9.17) is 23.2 Å². The molecule has 0 bridgehead atoms. The molecule has 0 heterocycles. The third-order valence-electron chi connectivity index (χ3n) is 3.93. The van der Waals surface area contributed by atoms with Gasteiger partial charge >= 0.3 is 0 Å². The molecule has 0 amide bonds. The van der Waals surface area contributed by atoms with E-state index in [1.54, 1.807) is 18.2 Å². The minimum Gasteiger partial charge on any atom is -0.393 e. The molecule has 1 aliphatic carbocycles. The summed E-state index contributed by atoms with van der Waals surface area (Å²) >= 11 is 12.0. The summed E-state index contributed by atoms with van der Waals surface area (Å²) in [5, 5.41) is 24.3.